The summed E-state index contributed by atoms with van der Waals surface area (Å²) in [4.78, 5) is 2.19. The summed E-state index contributed by atoms with van der Waals surface area (Å²) in [5.74, 6) is -0.226. The SMILES string of the molecule is CC(N)C(c1ccc(F)cc1)N(C)Cc1ccccc1Br. The maximum Gasteiger partial charge on any atom is 0.123 e. The molecule has 0 spiro atoms. The zero-order chi connectivity index (χ0) is 15.4. The molecule has 2 rings (SSSR count). The first-order valence-electron chi connectivity index (χ1n) is 6.93. The lowest BCUT2D eigenvalue weighted by atomic mass is 9.99. The molecule has 2 aromatic rings. The van der Waals surface area contributed by atoms with Crippen LogP contribution in [0, 0.1) is 5.82 Å². The van der Waals surface area contributed by atoms with Crippen molar-refractivity contribution in [1.29, 1.82) is 0 Å². The molecule has 2 N–H and O–H groups in total. The number of likely N-dealkylation sites (N-methyl/N-ethyl adjacent to an activating group) is 1. The fourth-order valence-corrected chi connectivity index (χ4v) is 3.02. The molecule has 0 amide bonds. The van der Waals surface area contributed by atoms with Gasteiger partial charge in [0.05, 0.1) is 0 Å². The first-order valence-corrected chi connectivity index (χ1v) is 7.73. The highest BCUT2D eigenvalue weighted by molar-refractivity contribution is 9.10. The highest BCUT2D eigenvalue weighted by atomic mass is 79.9. The number of hydrogen-bond donors (Lipinski definition) is 1. The van der Waals surface area contributed by atoms with Crippen LogP contribution < -0.4 is 5.73 Å². The highest BCUT2D eigenvalue weighted by Gasteiger charge is 2.21. The van der Waals surface area contributed by atoms with E-state index in [1.54, 1.807) is 12.1 Å². The van der Waals surface area contributed by atoms with E-state index >= 15 is 0 Å². The van der Waals surface area contributed by atoms with Gasteiger partial charge in [-0.15, -0.1) is 0 Å². The number of nitrogens with two attached hydrogens (primary N) is 1. The number of halogens is 2. The van der Waals surface area contributed by atoms with Gasteiger partial charge in [-0.1, -0.05) is 46.3 Å². The number of hydrogen-bond acceptors (Lipinski definition) is 2. The van der Waals surface area contributed by atoms with Crippen molar-refractivity contribution in [2.24, 2.45) is 5.73 Å². The number of nitrogens with zero attached hydrogens (tertiary/aromatic N) is 1. The van der Waals surface area contributed by atoms with E-state index in [9.17, 15) is 4.39 Å². The molecule has 0 heterocycles. The Morgan fingerprint density at radius 1 is 1.14 bits per heavy atom. The minimum absolute atomic E-state index is 0.0395. The zero-order valence-corrected chi connectivity index (χ0v) is 13.8. The van der Waals surface area contributed by atoms with Gasteiger partial charge in [-0.3, -0.25) is 4.90 Å². The molecule has 0 aliphatic carbocycles. The van der Waals surface area contributed by atoms with Crippen LogP contribution in [0.25, 0.3) is 0 Å². The quantitative estimate of drug-likeness (QED) is 0.879. The molecule has 21 heavy (non-hydrogen) atoms. The number of benzene rings is 2. The van der Waals surface area contributed by atoms with Gasteiger partial charge in [-0.25, -0.2) is 4.39 Å². The van der Waals surface area contributed by atoms with Crippen molar-refractivity contribution < 1.29 is 4.39 Å². The van der Waals surface area contributed by atoms with Crippen LogP contribution in [-0.4, -0.2) is 18.0 Å². The highest BCUT2D eigenvalue weighted by Crippen LogP contribution is 2.26. The van der Waals surface area contributed by atoms with Crippen LogP contribution in [0.1, 0.15) is 24.1 Å². The smallest absolute Gasteiger partial charge is 0.123 e. The molecule has 0 bridgehead atoms. The molecule has 0 aromatic heterocycles. The van der Waals surface area contributed by atoms with Gasteiger partial charge >= 0.3 is 0 Å². The molecule has 0 aliphatic heterocycles. The Bertz CT molecular complexity index is 584. The van der Waals surface area contributed by atoms with Crippen LogP contribution in [0.2, 0.25) is 0 Å². The van der Waals surface area contributed by atoms with Crippen molar-refractivity contribution in [2.45, 2.75) is 25.6 Å². The molecule has 0 radical (unpaired) electrons. The van der Waals surface area contributed by atoms with E-state index in [0.717, 1.165) is 16.6 Å². The second kappa shape index (κ2) is 7.16. The first kappa shape index (κ1) is 16.1. The predicted molar refractivity (Wildman–Crippen MR) is 88.4 cm³/mol. The van der Waals surface area contributed by atoms with E-state index in [1.807, 2.05) is 32.2 Å². The Morgan fingerprint density at radius 2 is 1.76 bits per heavy atom. The van der Waals surface area contributed by atoms with Crippen LogP contribution in [-0.2, 0) is 6.54 Å². The third-order valence-electron chi connectivity index (χ3n) is 3.56. The van der Waals surface area contributed by atoms with Crippen molar-refractivity contribution in [2.75, 3.05) is 7.05 Å². The van der Waals surface area contributed by atoms with Gasteiger partial charge in [0.25, 0.3) is 0 Å². The molecule has 112 valence electrons. The average molecular weight is 351 g/mol. The summed E-state index contributed by atoms with van der Waals surface area (Å²) in [6, 6.07) is 14.7. The van der Waals surface area contributed by atoms with Gasteiger partial charge < -0.3 is 5.73 Å². The van der Waals surface area contributed by atoms with Gasteiger partial charge in [0.2, 0.25) is 0 Å². The Labute approximate surface area is 133 Å². The van der Waals surface area contributed by atoms with E-state index in [0.29, 0.717) is 0 Å². The molecule has 2 unspecified atom stereocenters. The van der Waals surface area contributed by atoms with E-state index in [2.05, 4.69) is 26.9 Å². The molecular formula is C17H20BrFN2. The molecule has 2 atom stereocenters. The molecule has 0 fully saturated rings. The lowest BCUT2D eigenvalue weighted by Gasteiger charge is -2.31. The molecule has 4 heteroatoms. The van der Waals surface area contributed by atoms with Crippen LogP contribution >= 0.6 is 15.9 Å². The van der Waals surface area contributed by atoms with Crippen LogP contribution in [0.15, 0.2) is 53.0 Å². The van der Waals surface area contributed by atoms with Crippen molar-refractivity contribution >= 4 is 15.9 Å². The third-order valence-corrected chi connectivity index (χ3v) is 4.34. The van der Waals surface area contributed by atoms with Crippen LogP contribution in [0.3, 0.4) is 0 Å². The van der Waals surface area contributed by atoms with Gasteiger partial charge in [0.1, 0.15) is 5.82 Å². The Kier molecular flexibility index (Phi) is 5.51. The normalized spacial score (nSPS) is 14.2. The van der Waals surface area contributed by atoms with E-state index in [1.165, 1.54) is 17.7 Å². The van der Waals surface area contributed by atoms with Crippen LogP contribution in [0.5, 0.6) is 0 Å². The maximum absolute atomic E-state index is 13.1. The molecular weight excluding hydrogens is 331 g/mol. The summed E-state index contributed by atoms with van der Waals surface area (Å²) < 4.78 is 14.2. The Hall–Kier alpha value is -1.23. The van der Waals surface area contributed by atoms with Gasteiger partial charge in [0, 0.05) is 23.1 Å². The van der Waals surface area contributed by atoms with E-state index < -0.39 is 0 Å². The fourth-order valence-electron chi connectivity index (χ4n) is 2.61. The second-order valence-electron chi connectivity index (χ2n) is 5.36. The summed E-state index contributed by atoms with van der Waals surface area (Å²) in [6.07, 6.45) is 0. The minimum atomic E-state index is -0.226. The molecule has 2 nitrogen and oxygen atoms in total. The topological polar surface area (TPSA) is 29.3 Å². The molecule has 0 saturated heterocycles. The van der Waals surface area contributed by atoms with Crippen molar-refractivity contribution in [3.63, 3.8) is 0 Å². The molecule has 0 saturated carbocycles. The maximum atomic E-state index is 13.1. The summed E-state index contributed by atoms with van der Waals surface area (Å²) in [5.41, 5.74) is 8.38. The van der Waals surface area contributed by atoms with Gasteiger partial charge in [0.15, 0.2) is 0 Å². The lowest BCUT2D eigenvalue weighted by molar-refractivity contribution is 0.210. The van der Waals surface area contributed by atoms with E-state index in [-0.39, 0.29) is 17.9 Å². The number of rotatable bonds is 5. The second-order valence-corrected chi connectivity index (χ2v) is 6.22. The Morgan fingerprint density at radius 3 is 2.33 bits per heavy atom. The van der Waals surface area contributed by atoms with Crippen LogP contribution in [0.4, 0.5) is 4.39 Å². The van der Waals surface area contributed by atoms with Crippen molar-refractivity contribution in [1.82, 2.24) is 4.90 Å². The Balaban J connectivity index is 2.22. The fraction of sp³-hybridized carbons (Fsp3) is 0.294. The summed E-state index contributed by atoms with van der Waals surface area (Å²) in [7, 11) is 2.04. The van der Waals surface area contributed by atoms with E-state index in [4.69, 9.17) is 5.73 Å². The first-order chi connectivity index (χ1) is 9.99. The van der Waals surface area contributed by atoms with Crippen molar-refractivity contribution in [3.05, 3.63) is 69.9 Å². The molecule has 0 aliphatic rings. The predicted octanol–water partition coefficient (Wildman–Crippen LogP) is 4.11. The summed E-state index contributed by atoms with van der Waals surface area (Å²) in [6.45, 7) is 2.75. The largest absolute Gasteiger partial charge is 0.326 e. The molecule has 2 aromatic carbocycles. The lowest BCUT2D eigenvalue weighted by Crippen LogP contribution is -2.37. The standard InChI is InChI=1S/C17H20BrFN2/c1-12(20)17(13-7-9-15(19)10-8-13)21(2)11-14-5-3-4-6-16(14)18/h3-10,12,17H,11,20H2,1-2H3. The monoisotopic (exact) mass is 350 g/mol. The van der Waals surface area contributed by atoms with Gasteiger partial charge in [-0.2, -0.15) is 0 Å². The van der Waals surface area contributed by atoms with Gasteiger partial charge in [-0.05, 0) is 43.3 Å². The minimum Gasteiger partial charge on any atom is -0.326 e. The van der Waals surface area contributed by atoms with Crippen molar-refractivity contribution in [3.8, 4) is 0 Å². The third kappa shape index (κ3) is 4.13. The summed E-state index contributed by atoms with van der Waals surface area (Å²) in [5, 5.41) is 0. The zero-order valence-electron chi connectivity index (χ0n) is 12.3. The average Bonchev–Trinajstić information content (AvgIpc) is 2.43. The summed E-state index contributed by atoms with van der Waals surface area (Å²) >= 11 is 3.57.